The van der Waals surface area contributed by atoms with Gasteiger partial charge in [0.15, 0.2) is 0 Å². The van der Waals surface area contributed by atoms with Crippen LogP contribution >= 0.6 is 11.6 Å². The number of nitrogens with one attached hydrogen (secondary N) is 2. The third-order valence-corrected chi connectivity index (χ3v) is 4.14. The lowest BCUT2D eigenvalue weighted by Gasteiger charge is -2.13. The van der Waals surface area contributed by atoms with E-state index in [1.165, 1.54) is 18.2 Å². The molecule has 1 aromatic carbocycles. The summed E-state index contributed by atoms with van der Waals surface area (Å²) in [6.45, 7) is 1.67. The first kappa shape index (κ1) is 20.0. The second-order valence-corrected chi connectivity index (χ2v) is 6.95. The van der Waals surface area contributed by atoms with Gasteiger partial charge in [-0.25, -0.2) is 9.37 Å². The van der Waals surface area contributed by atoms with Gasteiger partial charge >= 0.3 is 0 Å². The number of rotatable bonds is 8. The Labute approximate surface area is 168 Å². The topological polar surface area (TPSA) is 66.0 Å². The molecule has 0 bridgehead atoms. The van der Waals surface area contributed by atoms with Gasteiger partial charge in [-0.15, -0.1) is 0 Å². The maximum atomic E-state index is 14.1. The fraction of sp³-hybridized carbons (Fsp3) is 0.250. The number of pyridine rings is 1. The van der Waals surface area contributed by atoms with Crippen LogP contribution in [0.1, 0.15) is 6.42 Å². The van der Waals surface area contributed by atoms with Crippen molar-refractivity contribution in [3.05, 3.63) is 59.5 Å². The van der Waals surface area contributed by atoms with Crippen molar-refractivity contribution in [2.75, 3.05) is 37.8 Å². The normalized spacial score (nSPS) is 10.9. The SMILES string of the molecule is CN(C)CCCNc1nc(Nc2cc(Cl)ccc2F)cc(-c2ccccn2)n1. The fourth-order valence-electron chi connectivity index (χ4n) is 2.56. The molecule has 0 amide bonds. The Morgan fingerprint density at radius 3 is 2.68 bits per heavy atom. The fourth-order valence-corrected chi connectivity index (χ4v) is 2.73. The van der Waals surface area contributed by atoms with E-state index in [0.717, 1.165) is 19.5 Å². The third kappa shape index (κ3) is 5.61. The molecule has 2 N–H and O–H groups in total. The van der Waals surface area contributed by atoms with E-state index in [2.05, 4.69) is 30.5 Å². The molecule has 3 aromatic rings. The van der Waals surface area contributed by atoms with E-state index in [1.807, 2.05) is 32.3 Å². The first-order valence-electron chi connectivity index (χ1n) is 8.92. The smallest absolute Gasteiger partial charge is 0.225 e. The van der Waals surface area contributed by atoms with Crippen LogP contribution in [-0.4, -0.2) is 47.0 Å². The molecular formula is C20H22ClFN6. The maximum Gasteiger partial charge on any atom is 0.225 e. The standard InChI is InChI=1S/C20H22ClFN6/c1-28(2)11-5-10-24-20-26-18(16-6-3-4-9-23-16)13-19(27-20)25-17-12-14(21)7-8-15(17)22/h3-4,6-9,12-13H,5,10-11H2,1-2H3,(H2,24,25,26,27). The summed E-state index contributed by atoms with van der Waals surface area (Å²) in [6, 6.07) is 11.6. The van der Waals surface area contributed by atoms with E-state index in [4.69, 9.17) is 11.6 Å². The molecule has 0 fully saturated rings. The predicted octanol–water partition coefficient (Wildman–Crippen LogP) is 4.44. The van der Waals surface area contributed by atoms with Crippen LogP contribution in [0.4, 0.5) is 21.8 Å². The second kappa shape index (κ2) is 9.43. The minimum Gasteiger partial charge on any atom is -0.354 e. The van der Waals surface area contributed by atoms with Gasteiger partial charge < -0.3 is 15.5 Å². The van der Waals surface area contributed by atoms with Crippen LogP contribution in [0, 0.1) is 5.82 Å². The molecule has 0 aliphatic heterocycles. The Kier molecular flexibility index (Phi) is 6.73. The summed E-state index contributed by atoms with van der Waals surface area (Å²) in [7, 11) is 4.06. The number of hydrogen-bond donors (Lipinski definition) is 2. The lowest BCUT2D eigenvalue weighted by Crippen LogP contribution is -2.17. The molecule has 0 atom stereocenters. The predicted molar refractivity (Wildman–Crippen MR) is 112 cm³/mol. The lowest BCUT2D eigenvalue weighted by molar-refractivity contribution is 0.405. The molecule has 8 heteroatoms. The molecule has 0 saturated carbocycles. The van der Waals surface area contributed by atoms with Gasteiger partial charge in [-0.1, -0.05) is 17.7 Å². The van der Waals surface area contributed by atoms with Crippen LogP contribution in [0.25, 0.3) is 11.4 Å². The summed E-state index contributed by atoms with van der Waals surface area (Å²) in [6.07, 6.45) is 2.64. The number of anilines is 3. The molecule has 0 unspecified atom stereocenters. The molecule has 0 saturated heterocycles. The molecular weight excluding hydrogens is 379 g/mol. The van der Waals surface area contributed by atoms with Crippen molar-refractivity contribution >= 4 is 29.1 Å². The number of hydrogen-bond acceptors (Lipinski definition) is 6. The van der Waals surface area contributed by atoms with Crippen LogP contribution < -0.4 is 10.6 Å². The van der Waals surface area contributed by atoms with E-state index >= 15 is 0 Å². The first-order valence-corrected chi connectivity index (χ1v) is 9.30. The second-order valence-electron chi connectivity index (χ2n) is 6.51. The van der Waals surface area contributed by atoms with Crippen molar-refractivity contribution in [3.63, 3.8) is 0 Å². The average molecular weight is 401 g/mol. The van der Waals surface area contributed by atoms with Gasteiger partial charge in [0, 0.05) is 23.8 Å². The van der Waals surface area contributed by atoms with Gasteiger partial charge in [-0.2, -0.15) is 4.98 Å². The molecule has 0 radical (unpaired) electrons. The number of nitrogens with zero attached hydrogens (tertiary/aromatic N) is 4. The van der Waals surface area contributed by atoms with Crippen molar-refractivity contribution in [1.82, 2.24) is 19.9 Å². The zero-order valence-electron chi connectivity index (χ0n) is 15.8. The summed E-state index contributed by atoms with van der Waals surface area (Å²) < 4.78 is 14.1. The summed E-state index contributed by atoms with van der Waals surface area (Å²) in [5.74, 6) is 0.488. The third-order valence-electron chi connectivity index (χ3n) is 3.91. The van der Waals surface area contributed by atoms with E-state index < -0.39 is 5.82 Å². The van der Waals surface area contributed by atoms with Gasteiger partial charge in [0.2, 0.25) is 5.95 Å². The highest BCUT2D eigenvalue weighted by Crippen LogP contribution is 2.25. The van der Waals surface area contributed by atoms with Gasteiger partial charge in [-0.3, -0.25) is 4.98 Å². The Balaban J connectivity index is 1.87. The maximum absolute atomic E-state index is 14.1. The first-order chi connectivity index (χ1) is 13.5. The van der Waals surface area contributed by atoms with Crippen LogP contribution in [0.3, 0.4) is 0 Å². The highest BCUT2D eigenvalue weighted by molar-refractivity contribution is 6.30. The van der Waals surface area contributed by atoms with Crippen molar-refractivity contribution in [3.8, 4) is 11.4 Å². The van der Waals surface area contributed by atoms with Crippen LogP contribution in [0.5, 0.6) is 0 Å². The summed E-state index contributed by atoms with van der Waals surface area (Å²) in [5.41, 5.74) is 1.59. The van der Waals surface area contributed by atoms with Gasteiger partial charge in [0.25, 0.3) is 0 Å². The molecule has 6 nitrogen and oxygen atoms in total. The highest BCUT2D eigenvalue weighted by atomic mass is 35.5. The Morgan fingerprint density at radius 2 is 1.93 bits per heavy atom. The molecule has 0 spiro atoms. The zero-order valence-corrected chi connectivity index (χ0v) is 16.5. The molecule has 2 aromatic heterocycles. The Hall–Kier alpha value is -2.77. The van der Waals surface area contributed by atoms with Crippen molar-refractivity contribution in [1.29, 1.82) is 0 Å². The van der Waals surface area contributed by atoms with Crippen LogP contribution in [-0.2, 0) is 0 Å². The van der Waals surface area contributed by atoms with E-state index in [0.29, 0.717) is 28.2 Å². The van der Waals surface area contributed by atoms with E-state index in [-0.39, 0.29) is 5.69 Å². The number of aromatic nitrogens is 3. The van der Waals surface area contributed by atoms with Crippen molar-refractivity contribution in [2.24, 2.45) is 0 Å². The Bertz CT molecular complexity index is 920. The summed E-state index contributed by atoms with van der Waals surface area (Å²) >= 11 is 5.99. The minimum atomic E-state index is -0.414. The molecule has 146 valence electrons. The van der Waals surface area contributed by atoms with E-state index in [9.17, 15) is 4.39 Å². The molecule has 0 aliphatic rings. The average Bonchev–Trinajstić information content (AvgIpc) is 2.68. The van der Waals surface area contributed by atoms with Crippen molar-refractivity contribution < 1.29 is 4.39 Å². The number of halogens is 2. The van der Waals surface area contributed by atoms with Gasteiger partial charge in [-0.05, 0) is 57.4 Å². The molecule has 2 heterocycles. The monoisotopic (exact) mass is 400 g/mol. The molecule has 28 heavy (non-hydrogen) atoms. The van der Waals surface area contributed by atoms with Gasteiger partial charge in [0.1, 0.15) is 11.6 Å². The molecule has 0 aliphatic carbocycles. The van der Waals surface area contributed by atoms with Crippen molar-refractivity contribution in [2.45, 2.75) is 6.42 Å². The minimum absolute atomic E-state index is 0.247. The van der Waals surface area contributed by atoms with Crippen LogP contribution in [0.15, 0.2) is 48.7 Å². The van der Waals surface area contributed by atoms with Crippen LogP contribution in [0.2, 0.25) is 5.02 Å². The van der Waals surface area contributed by atoms with E-state index in [1.54, 1.807) is 12.3 Å². The Morgan fingerprint density at radius 1 is 1.07 bits per heavy atom. The number of benzene rings is 1. The highest BCUT2D eigenvalue weighted by Gasteiger charge is 2.10. The quantitative estimate of drug-likeness (QED) is 0.545. The summed E-state index contributed by atoms with van der Waals surface area (Å²) in [5, 5.41) is 6.65. The lowest BCUT2D eigenvalue weighted by atomic mass is 10.2. The largest absolute Gasteiger partial charge is 0.354 e. The summed E-state index contributed by atoms with van der Waals surface area (Å²) in [4.78, 5) is 15.5. The van der Waals surface area contributed by atoms with Gasteiger partial charge in [0.05, 0.1) is 17.1 Å². The molecule has 3 rings (SSSR count). The zero-order chi connectivity index (χ0) is 19.9.